The first-order chi connectivity index (χ1) is 15.1. The van der Waals surface area contributed by atoms with Crippen molar-refractivity contribution in [2.24, 2.45) is 40.9 Å². The molecule has 5 rings (SSSR count). The van der Waals surface area contributed by atoms with E-state index in [2.05, 4.69) is 12.0 Å². The molecule has 4 nitrogen and oxygen atoms in total. The Morgan fingerprint density at radius 3 is 2.53 bits per heavy atom. The number of carbonyl (C=O) groups excluding carboxylic acids is 1. The lowest BCUT2D eigenvalue weighted by atomic mass is 9.48. The van der Waals surface area contributed by atoms with Gasteiger partial charge in [0.15, 0.2) is 11.4 Å². The fourth-order valence-corrected chi connectivity index (χ4v) is 8.53. The van der Waals surface area contributed by atoms with Crippen LogP contribution in [-0.4, -0.2) is 32.4 Å². The van der Waals surface area contributed by atoms with Gasteiger partial charge in [-0.05, 0) is 106 Å². The summed E-state index contributed by atoms with van der Waals surface area (Å²) in [6.07, 6.45) is 4.86. The van der Waals surface area contributed by atoms with Gasteiger partial charge in [0.05, 0.1) is 0 Å². The quantitative estimate of drug-likeness (QED) is 0.652. The summed E-state index contributed by atoms with van der Waals surface area (Å²) in [5.74, 6) is 2.00. The van der Waals surface area contributed by atoms with Crippen LogP contribution < -0.4 is 0 Å². The second-order valence-electron chi connectivity index (χ2n) is 11.4. The van der Waals surface area contributed by atoms with Crippen LogP contribution in [0.25, 0.3) is 0 Å². The van der Waals surface area contributed by atoms with Crippen molar-refractivity contribution >= 4 is 5.78 Å². The smallest absolute Gasteiger partial charge is 0.380 e. The Hall–Kier alpha value is -1.37. The van der Waals surface area contributed by atoms with Gasteiger partial charge in [0, 0.05) is 18.3 Å². The van der Waals surface area contributed by atoms with Crippen LogP contribution in [0, 0.1) is 40.9 Å². The largest absolute Gasteiger partial charge is 0.417 e. The maximum Gasteiger partial charge on any atom is 0.417 e. The van der Waals surface area contributed by atoms with Crippen LogP contribution >= 0.6 is 0 Å². The standard InChI is InChI=1S/C25H35F3N2O2/c1-15(30-13-3-12-29-30)22(31)21-7-6-20-19-5-4-16-14-24(32,25(26,27)28)11-9-17(16)18(19)8-10-23(20,21)2/h3,12-13,15-21,32H,4-11,14H2,1-2H3/t15-,16+,17-,18+,19?,20-,21+,23-,24+/m0/s1. The van der Waals surface area contributed by atoms with E-state index in [0.717, 1.165) is 38.5 Å². The van der Waals surface area contributed by atoms with E-state index in [1.54, 1.807) is 10.9 Å². The SMILES string of the molecule is C[C@@H](C(=O)[C@H]1CC[C@H]2C3CC[C@@H]4C[C@@](O)(C(F)(F)F)CC[C@@H]4[C@H]3CC[C@]12C)n1cccn1. The van der Waals surface area contributed by atoms with Gasteiger partial charge in [-0.3, -0.25) is 9.48 Å². The van der Waals surface area contributed by atoms with Crippen molar-refractivity contribution in [2.45, 2.75) is 89.5 Å². The summed E-state index contributed by atoms with van der Waals surface area (Å²) in [4.78, 5) is 13.5. The van der Waals surface area contributed by atoms with Gasteiger partial charge < -0.3 is 5.11 Å². The highest BCUT2D eigenvalue weighted by atomic mass is 19.4. The minimum atomic E-state index is -4.54. The normalized spacial score (nSPS) is 44.9. The van der Waals surface area contributed by atoms with E-state index in [9.17, 15) is 23.1 Å². The van der Waals surface area contributed by atoms with E-state index in [0.29, 0.717) is 30.1 Å². The number of hydrogen-bond donors (Lipinski definition) is 1. The molecule has 1 N–H and O–H groups in total. The lowest BCUT2D eigenvalue weighted by Crippen LogP contribution is -2.55. The highest BCUT2D eigenvalue weighted by Crippen LogP contribution is 2.65. The molecular formula is C25H35F3N2O2. The van der Waals surface area contributed by atoms with Gasteiger partial charge in [0.25, 0.3) is 0 Å². The Balaban J connectivity index is 1.32. The molecule has 0 aliphatic heterocycles. The Labute approximate surface area is 187 Å². The maximum absolute atomic E-state index is 13.5. The number of aromatic nitrogens is 2. The highest BCUT2D eigenvalue weighted by Gasteiger charge is 2.62. The Kier molecular flexibility index (Phi) is 5.31. The lowest BCUT2D eigenvalue weighted by molar-refractivity contribution is -0.282. The molecule has 0 amide bonds. The van der Waals surface area contributed by atoms with E-state index < -0.39 is 11.8 Å². The minimum Gasteiger partial charge on any atom is -0.380 e. The van der Waals surface area contributed by atoms with Crippen LogP contribution in [0.3, 0.4) is 0 Å². The molecular weight excluding hydrogens is 417 g/mol. The van der Waals surface area contributed by atoms with E-state index in [1.165, 1.54) is 0 Å². The summed E-state index contributed by atoms with van der Waals surface area (Å²) in [5.41, 5.74) is -2.52. The van der Waals surface area contributed by atoms with Gasteiger partial charge in [-0.25, -0.2) is 0 Å². The number of alkyl halides is 3. The average Bonchev–Trinajstić information content (AvgIpc) is 3.39. The molecule has 7 heteroatoms. The molecule has 0 saturated heterocycles. The molecule has 1 heterocycles. The van der Waals surface area contributed by atoms with Crippen LogP contribution in [0.5, 0.6) is 0 Å². The van der Waals surface area contributed by atoms with Crippen LogP contribution in [0.1, 0.15) is 77.7 Å². The third kappa shape index (κ3) is 3.28. The Morgan fingerprint density at radius 2 is 1.84 bits per heavy atom. The molecule has 1 aromatic rings. The van der Waals surface area contributed by atoms with Gasteiger partial charge in [-0.2, -0.15) is 18.3 Å². The second-order valence-corrected chi connectivity index (χ2v) is 11.4. The van der Waals surface area contributed by atoms with E-state index in [4.69, 9.17) is 0 Å². The molecule has 4 aliphatic rings. The molecule has 9 atom stereocenters. The first-order valence-electron chi connectivity index (χ1n) is 12.4. The van der Waals surface area contributed by atoms with Crippen LogP contribution in [0.4, 0.5) is 13.2 Å². The molecule has 0 radical (unpaired) electrons. The third-order valence-electron chi connectivity index (χ3n) is 10.2. The average molecular weight is 453 g/mol. The number of halogens is 3. The van der Waals surface area contributed by atoms with Crippen molar-refractivity contribution in [1.29, 1.82) is 0 Å². The van der Waals surface area contributed by atoms with Crippen molar-refractivity contribution in [3.8, 4) is 0 Å². The minimum absolute atomic E-state index is 0.0200. The second kappa shape index (κ2) is 7.57. The monoisotopic (exact) mass is 452 g/mol. The Bertz CT molecular complexity index is 856. The number of carbonyl (C=O) groups is 1. The molecule has 4 fully saturated rings. The molecule has 0 bridgehead atoms. The number of rotatable bonds is 3. The van der Waals surface area contributed by atoms with Crippen molar-refractivity contribution in [3.05, 3.63) is 18.5 Å². The van der Waals surface area contributed by atoms with Crippen molar-refractivity contribution in [1.82, 2.24) is 9.78 Å². The van der Waals surface area contributed by atoms with Crippen molar-refractivity contribution < 1.29 is 23.1 Å². The molecule has 1 aromatic heterocycles. The van der Waals surface area contributed by atoms with E-state index >= 15 is 0 Å². The zero-order valence-corrected chi connectivity index (χ0v) is 19.0. The Morgan fingerprint density at radius 1 is 1.09 bits per heavy atom. The van der Waals surface area contributed by atoms with Crippen molar-refractivity contribution in [3.63, 3.8) is 0 Å². The van der Waals surface area contributed by atoms with Gasteiger partial charge in [-0.15, -0.1) is 0 Å². The van der Waals surface area contributed by atoms with Crippen LogP contribution in [0.2, 0.25) is 0 Å². The van der Waals surface area contributed by atoms with Crippen molar-refractivity contribution in [2.75, 3.05) is 0 Å². The zero-order chi connectivity index (χ0) is 22.9. The summed E-state index contributed by atoms with van der Waals surface area (Å²) in [6, 6.07) is 1.58. The van der Waals surface area contributed by atoms with Crippen LogP contribution in [0.15, 0.2) is 18.5 Å². The number of hydrogen-bond acceptors (Lipinski definition) is 3. The first-order valence-corrected chi connectivity index (χ1v) is 12.4. The molecule has 178 valence electrons. The van der Waals surface area contributed by atoms with Gasteiger partial charge in [0.1, 0.15) is 6.04 Å². The number of Topliss-reactive ketones (excluding diaryl/α,β-unsaturated/α-hetero) is 1. The molecule has 32 heavy (non-hydrogen) atoms. The highest BCUT2D eigenvalue weighted by molar-refractivity contribution is 5.85. The number of fused-ring (bicyclic) bond motifs is 5. The van der Waals surface area contributed by atoms with Gasteiger partial charge in [-0.1, -0.05) is 6.92 Å². The van der Waals surface area contributed by atoms with Gasteiger partial charge in [0.2, 0.25) is 0 Å². The molecule has 4 aliphatic carbocycles. The number of aliphatic hydroxyl groups is 1. The van der Waals surface area contributed by atoms with E-state index in [-0.39, 0.29) is 41.9 Å². The van der Waals surface area contributed by atoms with Crippen LogP contribution in [-0.2, 0) is 4.79 Å². The molecule has 1 unspecified atom stereocenters. The molecule has 0 spiro atoms. The summed E-state index contributed by atoms with van der Waals surface area (Å²) in [6.45, 7) is 4.24. The first kappa shape index (κ1) is 22.4. The molecule has 0 aromatic carbocycles. The fraction of sp³-hybridized carbons (Fsp3) is 0.840. The summed E-state index contributed by atoms with van der Waals surface area (Å²) in [5, 5.41) is 14.6. The topological polar surface area (TPSA) is 55.1 Å². The summed E-state index contributed by atoms with van der Waals surface area (Å²) in [7, 11) is 0. The summed E-state index contributed by atoms with van der Waals surface area (Å²) >= 11 is 0. The number of ketones is 1. The maximum atomic E-state index is 13.5. The predicted molar refractivity (Wildman–Crippen MR) is 114 cm³/mol. The number of nitrogens with zero attached hydrogens (tertiary/aromatic N) is 2. The summed E-state index contributed by atoms with van der Waals surface area (Å²) < 4.78 is 42.1. The predicted octanol–water partition coefficient (Wildman–Crippen LogP) is 5.58. The fourth-order valence-electron chi connectivity index (χ4n) is 8.53. The lowest BCUT2D eigenvalue weighted by Gasteiger charge is -2.57. The zero-order valence-electron chi connectivity index (χ0n) is 19.0. The van der Waals surface area contributed by atoms with Gasteiger partial charge >= 0.3 is 6.18 Å². The molecule has 4 saturated carbocycles. The third-order valence-corrected chi connectivity index (χ3v) is 10.2. The van der Waals surface area contributed by atoms with E-state index in [1.807, 2.05) is 19.2 Å².